The Kier molecular flexibility index (Phi) is 6.56. The zero-order valence-electron chi connectivity index (χ0n) is 15.7. The zero-order valence-corrected chi connectivity index (χ0v) is 16.5. The molecule has 1 unspecified atom stereocenters. The lowest BCUT2D eigenvalue weighted by Crippen LogP contribution is -2.32. The van der Waals surface area contributed by atoms with Gasteiger partial charge in [0.25, 0.3) is 5.91 Å². The molecule has 0 radical (unpaired) electrons. The molecule has 5 nitrogen and oxygen atoms in total. The molecule has 2 aromatic carbocycles. The Morgan fingerprint density at radius 2 is 1.81 bits per heavy atom. The number of hydrogen-bond acceptors (Lipinski definition) is 3. The number of carbonyl (C=O) groups excluding carboxylic acids is 1. The Balaban J connectivity index is 2.29. The fourth-order valence-electron chi connectivity index (χ4n) is 2.61. The highest BCUT2D eigenvalue weighted by molar-refractivity contribution is 7.89. The first-order valence-corrected chi connectivity index (χ1v) is 10.3. The summed E-state index contributed by atoms with van der Waals surface area (Å²) in [5.74, 6) is -0.324. The van der Waals surface area contributed by atoms with E-state index in [-0.39, 0.29) is 16.8 Å². The van der Waals surface area contributed by atoms with E-state index >= 15 is 0 Å². The molecule has 0 saturated heterocycles. The average Bonchev–Trinajstić information content (AvgIpc) is 2.63. The Labute approximate surface area is 155 Å². The van der Waals surface area contributed by atoms with E-state index in [1.807, 2.05) is 39.0 Å². The van der Waals surface area contributed by atoms with Gasteiger partial charge in [-0.3, -0.25) is 4.79 Å². The third kappa shape index (κ3) is 4.71. The molecule has 0 fully saturated rings. The molecular weight excluding hydrogens is 348 g/mol. The van der Waals surface area contributed by atoms with Crippen molar-refractivity contribution >= 4 is 21.6 Å². The first-order chi connectivity index (χ1) is 12.3. The van der Waals surface area contributed by atoms with Crippen LogP contribution in [0.25, 0.3) is 0 Å². The Hall–Kier alpha value is -2.18. The van der Waals surface area contributed by atoms with Crippen LogP contribution in [0.4, 0.5) is 5.69 Å². The molecule has 0 spiro atoms. The van der Waals surface area contributed by atoms with Crippen LogP contribution < -0.4 is 10.0 Å². The van der Waals surface area contributed by atoms with Crippen molar-refractivity contribution < 1.29 is 13.2 Å². The zero-order chi connectivity index (χ0) is 19.3. The van der Waals surface area contributed by atoms with Crippen LogP contribution in [0.3, 0.4) is 0 Å². The van der Waals surface area contributed by atoms with Crippen molar-refractivity contribution in [2.75, 3.05) is 5.32 Å². The van der Waals surface area contributed by atoms with Gasteiger partial charge in [-0.1, -0.05) is 38.1 Å². The second kappa shape index (κ2) is 8.47. The molecule has 2 rings (SSSR count). The summed E-state index contributed by atoms with van der Waals surface area (Å²) in [6.45, 7) is 7.67. The highest BCUT2D eigenvalue weighted by Crippen LogP contribution is 2.22. The number of sulfonamides is 1. The van der Waals surface area contributed by atoms with Crippen molar-refractivity contribution in [2.24, 2.45) is 0 Å². The molecule has 1 amide bonds. The van der Waals surface area contributed by atoms with Crippen LogP contribution in [0.1, 0.15) is 48.7 Å². The van der Waals surface area contributed by atoms with Crippen LogP contribution in [-0.4, -0.2) is 20.4 Å². The van der Waals surface area contributed by atoms with Crippen molar-refractivity contribution in [3.8, 4) is 0 Å². The predicted octanol–water partition coefficient (Wildman–Crippen LogP) is 3.89. The standard InChI is InChI=1S/C20H26N2O3S/c1-5-15(4)22-26(24,25)18-12-8-11-17(13-18)20(23)21-19-14(3)9-7-10-16(19)6-2/h7-13,15,22H,5-6H2,1-4H3,(H,21,23). The smallest absolute Gasteiger partial charge is 0.255 e. The van der Waals surface area contributed by atoms with Gasteiger partial charge < -0.3 is 5.32 Å². The summed E-state index contributed by atoms with van der Waals surface area (Å²) in [6, 6.07) is 11.8. The molecule has 140 valence electrons. The van der Waals surface area contributed by atoms with E-state index in [1.165, 1.54) is 12.1 Å². The SMILES string of the molecule is CCc1cccc(C)c1NC(=O)c1cccc(S(=O)(=O)NC(C)CC)c1. The van der Waals surface area contributed by atoms with Crippen LogP contribution in [0.2, 0.25) is 0 Å². The van der Waals surface area contributed by atoms with Gasteiger partial charge in [0.05, 0.1) is 4.90 Å². The molecule has 0 saturated carbocycles. The van der Waals surface area contributed by atoms with Crippen LogP contribution in [0.15, 0.2) is 47.4 Å². The highest BCUT2D eigenvalue weighted by atomic mass is 32.2. The van der Waals surface area contributed by atoms with Gasteiger partial charge in [0.2, 0.25) is 10.0 Å². The number of nitrogens with one attached hydrogen (secondary N) is 2. The summed E-state index contributed by atoms with van der Waals surface area (Å²) < 4.78 is 27.5. The monoisotopic (exact) mass is 374 g/mol. The van der Waals surface area contributed by atoms with Crippen molar-refractivity contribution in [1.82, 2.24) is 4.72 Å². The summed E-state index contributed by atoms with van der Waals surface area (Å²) in [7, 11) is -3.65. The van der Waals surface area contributed by atoms with Crippen LogP contribution in [0, 0.1) is 6.92 Å². The molecule has 6 heteroatoms. The summed E-state index contributed by atoms with van der Waals surface area (Å²) >= 11 is 0. The van der Waals surface area contributed by atoms with Crippen LogP contribution >= 0.6 is 0 Å². The van der Waals surface area contributed by atoms with E-state index in [0.717, 1.165) is 23.2 Å². The topological polar surface area (TPSA) is 75.3 Å². The molecule has 2 N–H and O–H groups in total. The maximum Gasteiger partial charge on any atom is 0.255 e. The summed E-state index contributed by atoms with van der Waals surface area (Å²) in [5, 5.41) is 2.92. The average molecular weight is 375 g/mol. The number of para-hydroxylation sites is 1. The van der Waals surface area contributed by atoms with Crippen molar-refractivity contribution in [3.63, 3.8) is 0 Å². The molecule has 2 aromatic rings. The third-order valence-corrected chi connectivity index (χ3v) is 5.94. The van der Waals surface area contributed by atoms with E-state index in [9.17, 15) is 13.2 Å². The Morgan fingerprint density at radius 3 is 2.46 bits per heavy atom. The normalized spacial score (nSPS) is 12.6. The highest BCUT2D eigenvalue weighted by Gasteiger charge is 2.18. The van der Waals surface area contributed by atoms with Gasteiger partial charge in [-0.25, -0.2) is 13.1 Å². The fourth-order valence-corrected chi connectivity index (χ4v) is 3.98. The Bertz CT molecular complexity index is 892. The van der Waals surface area contributed by atoms with Crippen molar-refractivity contribution in [3.05, 3.63) is 59.2 Å². The van der Waals surface area contributed by atoms with Gasteiger partial charge >= 0.3 is 0 Å². The summed E-state index contributed by atoms with van der Waals surface area (Å²) in [4.78, 5) is 12.8. The van der Waals surface area contributed by atoms with Gasteiger partial charge in [-0.05, 0) is 56.0 Å². The quantitative estimate of drug-likeness (QED) is 0.772. The summed E-state index contributed by atoms with van der Waals surface area (Å²) in [6.07, 6.45) is 1.48. The third-order valence-electron chi connectivity index (χ3n) is 4.35. The van der Waals surface area contributed by atoms with E-state index in [0.29, 0.717) is 12.0 Å². The van der Waals surface area contributed by atoms with Crippen LogP contribution in [0.5, 0.6) is 0 Å². The second-order valence-corrected chi connectivity index (χ2v) is 8.09. The number of hydrogen-bond donors (Lipinski definition) is 2. The van der Waals surface area contributed by atoms with Gasteiger partial charge in [0.1, 0.15) is 0 Å². The molecular formula is C20H26N2O3S. The number of rotatable bonds is 7. The number of anilines is 1. The minimum atomic E-state index is -3.65. The molecule has 0 aliphatic heterocycles. The summed E-state index contributed by atoms with van der Waals surface area (Å²) in [5.41, 5.74) is 3.11. The van der Waals surface area contributed by atoms with Crippen LogP contribution in [-0.2, 0) is 16.4 Å². The first-order valence-electron chi connectivity index (χ1n) is 8.80. The van der Waals surface area contributed by atoms with E-state index in [2.05, 4.69) is 10.0 Å². The molecule has 0 bridgehead atoms. The lowest BCUT2D eigenvalue weighted by atomic mass is 10.1. The van der Waals surface area contributed by atoms with Crippen molar-refractivity contribution in [2.45, 2.75) is 51.5 Å². The molecule has 1 atom stereocenters. The number of amides is 1. The predicted molar refractivity (Wildman–Crippen MR) is 105 cm³/mol. The maximum absolute atomic E-state index is 12.7. The number of aryl methyl sites for hydroxylation is 2. The Morgan fingerprint density at radius 1 is 1.12 bits per heavy atom. The van der Waals surface area contributed by atoms with E-state index < -0.39 is 10.0 Å². The minimum absolute atomic E-state index is 0.0888. The molecule has 0 aliphatic carbocycles. The largest absolute Gasteiger partial charge is 0.321 e. The lowest BCUT2D eigenvalue weighted by molar-refractivity contribution is 0.102. The van der Waals surface area contributed by atoms with Gasteiger partial charge in [0, 0.05) is 17.3 Å². The maximum atomic E-state index is 12.7. The van der Waals surface area contributed by atoms with Gasteiger partial charge in [-0.15, -0.1) is 0 Å². The molecule has 0 aliphatic rings. The lowest BCUT2D eigenvalue weighted by Gasteiger charge is -2.14. The van der Waals surface area contributed by atoms with Gasteiger partial charge in [0.15, 0.2) is 0 Å². The minimum Gasteiger partial charge on any atom is -0.321 e. The first kappa shape index (κ1) is 20.1. The number of carbonyl (C=O) groups is 1. The van der Waals surface area contributed by atoms with E-state index in [1.54, 1.807) is 19.1 Å². The molecule has 0 aromatic heterocycles. The van der Waals surface area contributed by atoms with E-state index in [4.69, 9.17) is 0 Å². The second-order valence-electron chi connectivity index (χ2n) is 6.38. The van der Waals surface area contributed by atoms with Crippen molar-refractivity contribution in [1.29, 1.82) is 0 Å². The van der Waals surface area contributed by atoms with Gasteiger partial charge in [-0.2, -0.15) is 0 Å². The number of benzene rings is 2. The fraction of sp³-hybridized carbons (Fsp3) is 0.350. The molecule has 0 heterocycles. The molecule has 26 heavy (non-hydrogen) atoms.